The van der Waals surface area contributed by atoms with E-state index in [9.17, 15) is 20.0 Å². The maximum Gasteiger partial charge on any atom is 0.321 e. The van der Waals surface area contributed by atoms with Gasteiger partial charge in [0.25, 0.3) is 5.69 Å². The molecule has 2 rings (SSSR count). The van der Waals surface area contributed by atoms with Gasteiger partial charge in [0.2, 0.25) is 0 Å². The van der Waals surface area contributed by atoms with E-state index in [1.54, 1.807) is 24.8 Å². The number of non-ortho nitro benzene ring substituents is 1. The normalized spacial score (nSPS) is 19.6. The van der Waals surface area contributed by atoms with E-state index < -0.39 is 11.0 Å². The van der Waals surface area contributed by atoms with Crippen LogP contribution in [0.2, 0.25) is 0 Å². The molecule has 0 spiro atoms. The summed E-state index contributed by atoms with van der Waals surface area (Å²) in [6.45, 7) is 4.64. The Morgan fingerprint density at radius 3 is 2.91 bits per heavy atom. The Hall–Kier alpha value is -2.15. The summed E-state index contributed by atoms with van der Waals surface area (Å²) in [5, 5.41) is 23.2. The number of hydrogen-bond acceptors (Lipinski definition) is 4. The predicted octanol–water partition coefficient (Wildman–Crippen LogP) is 2.53. The van der Waals surface area contributed by atoms with Crippen molar-refractivity contribution in [2.75, 3.05) is 18.4 Å². The number of aliphatic hydroxyl groups is 1. The quantitative estimate of drug-likeness (QED) is 0.662. The SMILES string of the molecule is Cc1ccc([N+](=O)[O-])cc1NC(=O)N1CCCC(C(C)O)C1. The maximum absolute atomic E-state index is 12.3. The van der Waals surface area contributed by atoms with Gasteiger partial charge >= 0.3 is 6.03 Å². The molecule has 120 valence electrons. The number of aryl methyl sites for hydroxylation is 1. The van der Waals surface area contributed by atoms with Crippen LogP contribution in [-0.4, -0.2) is 40.2 Å². The first-order chi connectivity index (χ1) is 10.4. The molecule has 1 saturated heterocycles. The minimum atomic E-state index is -0.487. The lowest BCUT2D eigenvalue weighted by Crippen LogP contribution is -2.44. The number of amides is 2. The molecule has 0 saturated carbocycles. The van der Waals surface area contributed by atoms with Gasteiger partial charge in [0.15, 0.2) is 0 Å². The lowest BCUT2D eigenvalue weighted by molar-refractivity contribution is -0.384. The number of nitrogens with zero attached hydrogens (tertiary/aromatic N) is 2. The minimum Gasteiger partial charge on any atom is -0.393 e. The minimum absolute atomic E-state index is 0.0543. The summed E-state index contributed by atoms with van der Waals surface area (Å²) in [5.41, 5.74) is 1.16. The van der Waals surface area contributed by atoms with Crippen LogP contribution in [0.4, 0.5) is 16.2 Å². The zero-order chi connectivity index (χ0) is 16.3. The second-order valence-electron chi connectivity index (χ2n) is 5.78. The van der Waals surface area contributed by atoms with E-state index in [1.807, 2.05) is 0 Å². The molecule has 1 fully saturated rings. The van der Waals surface area contributed by atoms with E-state index in [-0.39, 0.29) is 17.6 Å². The number of anilines is 1. The Morgan fingerprint density at radius 2 is 2.27 bits per heavy atom. The number of carbonyl (C=O) groups excluding carboxylic acids is 1. The van der Waals surface area contributed by atoms with Crippen LogP contribution in [0.15, 0.2) is 18.2 Å². The molecule has 1 aliphatic rings. The van der Waals surface area contributed by atoms with Crippen LogP contribution >= 0.6 is 0 Å². The molecule has 0 bridgehead atoms. The van der Waals surface area contributed by atoms with E-state index in [1.165, 1.54) is 12.1 Å². The van der Waals surface area contributed by atoms with Crippen molar-refractivity contribution in [1.29, 1.82) is 0 Å². The second kappa shape index (κ2) is 6.74. The van der Waals surface area contributed by atoms with Crippen molar-refractivity contribution in [2.24, 2.45) is 5.92 Å². The van der Waals surface area contributed by atoms with Crippen molar-refractivity contribution in [3.8, 4) is 0 Å². The molecule has 1 aliphatic heterocycles. The summed E-state index contributed by atoms with van der Waals surface area (Å²) < 4.78 is 0. The second-order valence-corrected chi connectivity index (χ2v) is 5.78. The van der Waals surface area contributed by atoms with E-state index in [4.69, 9.17) is 0 Å². The van der Waals surface area contributed by atoms with Crippen LogP contribution in [-0.2, 0) is 0 Å². The first-order valence-corrected chi connectivity index (χ1v) is 7.37. The van der Waals surface area contributed by atoms with Crippen molar-refractivity contribution in [3.63, 3.8) is 0 Å². The van der Waals surface area contributed by atoms with E-state index in [0.717, 1.165) is 18.4 Å². The molecule has 0 aliphatic carbocycles. The molecule has 1 aromatic carbocycles. The molecule has 7 heteroatoms. The number of urea groups is 1. The number of likely N-dealkylation sites (tertiary alicyclic amines) is 1. The van der Waals surface area contributed by atoms with Crippen molar-refractivity contribution >= 4 is 17.4 Å². The van der Waals surface area contributed by atoms with Crippen molar-refractivity contribution in [3.05, 3.63) is 33.9 Å². The van der Waals surface area contributed by atoms with Gasteiger partial charge in [-0.2, -0.15) is 0 Å². The van der Waals surface area contributed by atoms with Crippen LogP contribution in [0, 0.1) is 23.0 Å². The Kier molecular flexibility index (Phi) is 4.97. The predicted molar refractivity (Wildman–Crippen MR) is 82.8 cm³/mol. The van der Waals surface area contributed by atoms with Crippen LogP contribution in [0.1, 0.15) is 25.3 Å². The zero-order valence-corrected chi connectivity index (χ0v) is 12.8. The zero-order valence-electron chi connectivity index (χ0n) is 12.8. The summed E-state index contributed by atoms with van der Waals surface area (Å²) in [5.74, 6) is 0.0747. The first-order valence-electron chi connectivity index (χ1n) is 7.37. The smallest absolute Gasteiger partial charge is 0.321 e. The molecule has 1 aromatic rings. The van der Waals surface area contributed by atoms with Crippen LogP contribution in [0.25, 0.3) is 0 Å². The Labute approximate surface area is 129 Å². The van der Waals surface area contributed by atoms with Gasteiger partial charge in [-0.3, -0.25) is 10.1 Å². The summed E-state index contributed by atoms with van der Waals surface area (Å²) in [7, 11) is 0. The molecule has 0 radical (unpaired) electrons. The average molecular weight is 307 g/mol. The molecule has 2 amide bonds. The van der Waals surface area contributed by atoms with Crippen LogP contribution in [0.3, 0.4) is 0 Å². The van der Waals surface area contributed by atoms with Crippen LogP contribution in [0.5, 0.6) is 0 Å². The molecule has 22 heavy (non-hydrogen) atoms. The standard InChI is InChI=1S/C15H21N3O4/c1-10-5-6-13(18(21)22)8-14(10)16-15(20)17-7-3-4-12(9-17)11(2)19/h5-6,8,11-12,19H,3-4,7,9H2,1-2H3,(H,16,20). The third-order valence-electron chi connectivity index (χ3n) is 4.10. The van der Waals surface area contributed by atoms with E-state index in [0.29, 0.717) is 18.8 Å². The molecule has 2 N–H and O–H groups in total. The average Bonchev–Trinajstić information content (AvgIpc) is 2.49. The van der Waals surface area contributed by atoms with Gasteiger partial charge in [0.05, 0.1) is 16.7 Å². The summed E-state index contributed by atoms with van der Waals surface area (Å²) >= 11 is 0. The number of rotatable bonds is 3. The largest absolute Gasteiger partial charge is 0.393 e. The Morgan fingerprint density at radius 1 is 1.55 bits per heavy atom. The van der Waals surface area contributed by atoms with Gasteiger partial charge in [0, 0.05) is 31.1 Å². The number of carbonyl (C=O) groups is 1. The molecular weight excluding hydrogens is 286 g/mol. The van der Waals surface area contributed by atoms with Gasteiger partial charge in [-0.25, -0.2) is 4.79 Å². The van der Waals surface area contributed by atoms with Gasteiger partial charge < -0.3 is 15.3 Å². The number of nitrogens with one attached hydrogen (secondary N) is 1. The highest BCUT2D eigenvalue weighted by molar-refractivity contribution is 5.90. The molecular formula is C15H21N3O4. The summed E-state index contributed by atoms with van der Waals surface area (Å²) in [6.07, 6.45) is 1.30. The highest BCUT2D eigenvalue weighted by Crippen LogP contribution is 2.24. The molecule has 2 unspecified atom stereocenters. The van der Waals surface area contributed by atoms with Crippen molar-refractivity contribution in [2.45, 2.75) is 32.8 Å². The van der Waals surface area contributed by atoms with Crippen molar-refractivity contribution in [1.82, 2.24) is 4.90 Å². The first kappa shape index (κ1) is 16.2. The van der Waals surface area contributed by atoms with Gasteiger partial charge in [-0.05, 0) is 32.3 Å². The van der Waals surface area contributed by atoms with Gasteiger partial charge in [-0.1, -0.05) is 6.07 Å². The number of aliphatic hydroxyl groups excluding tert-OH is 1. The van der Waals surface area contributed by atoms with Crippen molar-refractivity contribution < 1.29 is 14.8 Å². The topological polar surface area (TPSA) is 95.7 Å². The third-order valence-corrected chi connectivity index (χ3v) is 4.10. The monoisotopic (exact) mass is 307 g/mol. The number of hydrogen-bond donors (Lipinski definition) is 2. The Bertz CT molecular complexity index is 574. The number of piperidine rings is 1. The number of benzene rings is 1. The highest BCUT2D eigenvalue weighted by Gasteiger charge is 2.26. The van der Waals surface area contributed by atoms with E-state index >= 15 is 0 Å². The maximum atomic E-state index is 12.3. The van der Waals surface area contributed by atoms with E-state index in [2.05, 4.69) is 5.32 Å². The van der Waals surface area contributed by atoms with Gasteiger partial charge in [-0.15, -0.1) is 0 Å². The fourth-order valence-corrected chi connectivity index (χ4v) is 2.64. The number of nitro benzene ring substituents is 1. The molecule has 1 heterocycles. The Balaban J connectivity index is 2.08. The lowest BCUT2D eigenvalue weighted by atomic mass is 9.94. The molecule has 7 nitrogen and oxygen atoms in total. The van der Waals surface area contributed by atoms with Crippen LogP contribution < -0.4 is 5.32 Å². The number of nitro groups is 1. The van der Waals surface area contributed by atoms with Gasteiger partial charge in [0.1, 0.15) is 0 Å². The fourth-order valence-electron chi connectivity index (χ4n) is 2.64. The third kappa shape index (κ3) is 3.73. The summed E-state index contributed by atoms with van der Waals surface area (Å²) in [6, 6.07) is 4.11. The molecule has 2 atom stereocenters. The highest BCUT2D eigenvalue weighted by atomic mass is 16.6. The summed E-state index contributed by atoms with van der Waals surface area (Å²) in [4.78, 5) is 24.3. The molecule has 0 aromatic heterocycles. The fraction of sp³-hybridized carbons (Fsp3) is 0.533. The lowest BCUT2D eigenvalue weighted by Gasteiger charge is -2.34.